The van der Waals surface area contributed by atoms with Gasteiger partial charge in [-0.15, -0.1) is 0 Å². The first-order valence-corrected chi connectivity index (χ1v) is 10.2. The standard InChI is InChI=1S/C22H28O6/c1-22-11-17(28-20(27)9-8-19(25)26)21-14-5-3-13(23)10-12(14)2-4-15(21)16(22)6-7-18(22)24/h3,5,10,15-18,21,23-24H,2,4,6-9,11H2,1H3,(H,25,26)/t15-,16-,17+,18-,21+,22-/m0/s1. The summed E-state index contributed by atoms with van der Waals surface area (Å²) in [6, 6.07) is 5.42. The first kappa shape index (κ1) is 19.2. The van der Waals surface area contributed by atoms with Gasteiger partial charge in [-0.3, -0.25) is 9.59 Å². The van der Waals surface area contributed by atoms with E-state index in [9.17, 15) is 19.8 Å². The smallest absolute Gasteiger partial charge is 0.306 e. The molecule has 2 fully saturated rings. The summed E-state index contributed by atoms with van der Waals surface area (Å²) in [5, 5.41) is 29.4. The van der Waals surface area contributed by atoms with Crippen LogP contribution in [0.2, 0.25) is 0 Å². The molecule has 0 bridgehead atoms. The Morgan fingerprint density at radius 3 is 2.75 bits per heavy atom. The summed E-state index contributed by atoms with van der Waals surface area (Å²) in [6.45, 7) is 2.11. The third kappa shape index (κ3) is 3.17. The molecule has 0 heterocycles. The molecular weight excluding hydrogens is 360 g/mol. The monoisotopic (exact) mass is 388 g/mol. The fourth-order valence-electron chi connectivity index (χ4n) is 6.14. The number of carboxylic acid groups (broad SMARTS) is 1. The van der Waals surface area contributed by atoms with Crippen LogP contribution in [0.4, 0.5) is 0 Å². The molecule has 3 aliphatic carbocycles. The number of hydrogen-bond donors (Lipinski definition) is 3. The molecule has 0 unspecified atom stereocenters. The Morgan fingerprint density at radius 1 is 1.21 bits per heavy atom. The molecule has 6 nitrogen and oxygen atoms in total. The van der Waals surface area contributed by atoms with E-state index in [0.717, 1.165) is 36.8 Å². The van der Waals surface area contributed by atoms with Gasteiger partial charge in [0.05, 0.1) is 18.9 Å². The number of phenolic OH excluding ortho intramolecular Hbond substituents is 1. The van der Waals surface area contributed by atoms with Gasteiger partial charge in [-0.05, 0) is 67.2 Å². The van der Waals surface area contributed by atoms with Crippen molar-refractivity contribution >= 4 is 11.9 Å². The summed E-state index contributed by atoms with van der Waals surface area (Å²) in [5.74, 6) is -0.555. The van der Waals surface area contributed by atoms with Gasteiger partial charge in [0.25, 0.3) is 0 Å². The van der Waals surface area contributed by atoms with E-state index >= 15 is 0 Å². The van der Waals surface area contributed by atoms with Crippen molar-refractivity contribution in [3.8, 4) is 5.75 Å². The van der Waals surface area contributed by atoms with Gasteiger partial charge in [-0.2, -0.15) is 0 Å². The Balaban J connectivity index is 1.67. The van der Waals surface area contributed by atoms with Gasteiger partial charge in [0.2, 0.25) is 0 Å². The summed E-state index contributed by atoms with van der Waals surface area (Å²) >= 11 is 0. The highest BCUT2D eigenvalue weighted by atomic mass is 16.5. The van der Waals surface area contributed by atoms with Crippen LogP contribution >= 0.6 is 0 Å². The number of carbonyl (C=O) groups excluding carboxylic acids is 1. The number of aryl methyl sites for hydroxylation is 1. The summed E-state index contributed by atoms with van der Waals surface area (Å²) in [6.07, 6.45) is 2.96. The Kier molecular flexibility index (Phi) is 4.86. The molecule has 0 aromatic heterocycles. The molecule has 3 N–H and O–H groups in total. The SMILES string of the molecule is C[C@]12C[C@@H](OC(=O)CCC(=O)O)[C@@H]3c4ccc(O)cc4CC[C@H]3[C@@H]1CC[C@@H]2O. The van der Waals surface area contributed by atoms with Crippen molar-refractivity contribution in [2.75, 3.05) is 0 Å². The number of ether oxygens (including phenoxy) is 1. The van der Waals surface area contributed by atoms with Gasteiger partial charge >= 0.3 is 11.9 Å². The Labute approximate surface area is 164 Å². The third-order valence-corrected chi connectivity index (χ3v) is 7.44. The molecule has 2 saturated carbocycles. The number of fused-ring (bicyclic) bond motifs is 5. The van der Waals surface area contributed by atoms with Crippen LogP contribution in [0.3, 0.4) is 0 Å². The lowest BCUT2D eigenvalue weighted by Crippen LogP contribution is -2.51. The topological polar surface area (TPSA) is 104 Å². The second-order valence-electron chi connectivity index (χ2n) is 8.94. The second kappa shape index (κ2) is 7.07. The minimum Gasteiger partial charge on any atom is -0.508 e. The number of hydrogen-bond acceptors (Lipinski definition) is 5. The number of esters is 1. The van der Waals surface area contributed by atoms with Crippen LogP contribution < -0.4 is 0 Å². The fourth-order valence-corrected chi connectivity index (χ4v) is 6.14. The van der Waals surface area contributed by atoms with Gasteiger partial charge in [0, 0.05) is 11.3 Å². The van der Waals surface area contributed by atoms with E-state index in [4.69, 9.17) is 9.84 Å². The molecule has 1 aromatic carbocycles. The zero-order chi connectivity index (χ0) is 20.1. The van der Waals surface area contributed by atoms with E-state index < -0.39 is 18.0 Å². The van der Waals surface area contributed by atoms with Crippen LogP contribution in [0.5, 0.6) is 5.75 Å². The van der Waals surface area contributed by atoms with Crippen LogP contribution in [-0.4, -0.2) is 39.5 Å². The van der Waals surface area contributed by atoms with Crippen LogP contribution in [0.25, 0.3) is 0 Å². The van der Waals surface area contributed by atoms with E-state index in [0.29, 0.717) is 18.3 Å². The van der Waals surface area contributed by atoms with E-state index in [-0.39, 0.29) is 36.0 Å². The number of rotatable bonds is 4. The second-order valence-corrected chi connectivity index (χ2v) is 8.94. The largest absolute Gasteiger partial charge is 0.508 e. The van der Waals surface area contributed by atoms with Gasteiger partial charge in [-0.1, -0.05) is 13.0 Å². The molecule has 28 heavy (non-hydrogen) atoms. The first-order valence-electron chi connectivity index (χ1n) is 10.2. The van der Waals surface area contributed by atoms with Gasteiger partial charge in [-0.25, -0.2) is 0 Å². The average Bonchev–Trinajstić information content (AvgIpc) is 2.94. The lowest BCUT2D eigenvalue weighted by Gasteiger charge is -2.53. The van der Waals surface area contributed by atoms with Crippen LogP contribution in [0.15, 0.2) is 18.2 Å². The van der Waals surface area contributed by atoms with Crippen molar-refractivity contribution in [3.63, 3.8) is 0 Å². The minimum atomic E-state index is -1.02. The molecule has 0 saturated heterocycles. The molecule has 3 aliphatic rings. The summed E-state index contributed by atoms with van der Waals surface area (Å²) < 4.78 is 5.84. The number of aliphatic hydroxyl groups is 1. The van der Waals surface area contributed by atoms with Crippen LogP contribution in [-0.2, 0) is 20.7 Å². The molecule has 4 rings (SSSR count). The number of aliphatic hydroxyl groups excluding tert-OH is 1. The zero-order valence-electron chi connectivity index (χ0n) is 16.1. The fraction of sp³-hybridized carbons (Fsp3) is 0.636. The van der Waals surface area contributed by atoms with Gasteiger partial charge in [0.1, 0.15) is 11.9 Å². The average molecular weight is 388 g/mol. The molecule has 0 aliphatic heterocycles. The summed E-state index contributed by atoms with van der Waals surface area (Å²) in [4.78, 5) is 23.1. The molecule has 1 aromatic rings. The quantitative estimate of drug-likeness (QED) is 0.685. The zero-order valence-corrected chi connectivity index (χ0v) is 16.1. The van der Waals surface area contributed by atoms with Crippen LogP contribution in [0.1, 0.15) is 62.5 Å². The van der Waals surface area contributed by atoms with Crippen molar-refractivity contribution in [3.05, 3.63) is 29.3 Å². The lowest BCUT2D eigenvalue weighted by atomic mass is 9.54. The highest BCUT2D eigenvalue weighted by molar-refractivity contribution is 5.76. The number of phenols is 1. The molecule has 6 atom stereocenters. The highest BCUT2D eigenvalue weighted by Gasteiger charge is 2.58. The van der Waals surface area contributed by atoms with Crippen molar-refractivity contribution in [1.82, 2.24) is 0 Å². The minimum absolute atomic E-state index is 0.0292. The molecule has 0 radical (unpaired) electrons. The van der Waals surface area contributed by atoms with E-state index in [2.05, 4.69) is 6.92 Å². The summed E-state index contributed by atoms with van der Waals surface area (Å²) in [5.41, 5.74) is 1.93. The number of benzene rings is 1. The predicted octanol–water partition coefficient (Wildman–Crippen LogP) is 3.00. The van der Waals surface area contributed by atoms with Crippen molar-refractivity contribution in [2.24, 2.45) is 17.3 Å². The Hall–Kier alpha value is -2.08. The lowest BCUT2D eigenvalue weighted by molar-refractivity contribution is -0.163. The van der Waals surface area contributed by atoms with Crippen molar-refractivity contribution < 1.29 is 29.6 Å². The van der Waals surface area contributed by atoms with Crippen molar-refractivity contribution in [2.45, 2.75) is 70.0 Å². The Bertz CT molecular complexity index is 789. The predicted molar refractivity (Wildman–Crippen MR) is 101 cm³/mol. The number of carboxylic acids is 1. The molecule has 0 amide bonds. The van der Waals surface area contributed by atoms with E-state index in [1.807, 2.05) is 6.07 Å². The van der Waals surface area contributed by atoms with E-state index in [1.54, 1.807) is 12.1 Å². The first-order chi connectivity index (χ1) is 13.3. The summed E-state index contributed by atoms with van der Waals surface area (Å²) in [7, 11) is 0. The van der Waals surface area contributed by atoms with Gasteiger partial charge < -0.3 is 20.1 Å². The Morgan fingerprint density at radius 2 is 2.00 bits per heavy atom. The normalized spacial score (nSPS) is 36.1. The van der Waals surface area contributed by atoms with E-state index in [1.165, 1.54) is 0 Å². The number of aliphatic carboxylic acids is 1. The highest BCUT2D eigenvalue weighted by Crippen LogP contribution is 2.61. The van der Waals surface area contributed by atoms with Crippen molar-refractivity contribution in [1.29, 1.82) is 0 Å². The number of carbonyl (C=O) groups is 2. The molecule has 6 heteroatoms. The molecule has 152 valence electrons. The maximum atomic E-state index is 12.3. The van der Waals surface area contributed by atoms with Gasteiger partial charge in [0.15, 0.2) is 0 Å². The molecular formula is C22H28O6. The van der Waals surface area contributed by atoms with Crippen LogP contribution in [0, 0.1) is 17.3 Å². The maximum Gasteiger partial charge on any atom is 0.306 e. The third-order valence-electron chi connectivity index (χ3n) is 7.44. The maximum absolute atomic E-state index is 12.3. The number of aromatic hydroxyl groups is 1. The molecule has 0 spiro atoms.